The standard InChI is InChI=1S/C26H29ClN4O3/c1-15-10-22-20(16(2)13-26(3,4)30(22)5)11-17(15)12-21-24(33)31(25(34)29-21)14-23(32)28-19-8-6-18(27)7-9-19/h6-12,16H,13-14H2,1-5H3,(H,28,32)(H,29,34)/b21-12-/t16-/m0/s1. The van der Waals surface area contributed by atoms with E-state index in [9.17, 15) is 14.4 Å². The number of nitrogens with zero attached hydrogens (tertiary/aromatic N) is 2. The van der Waals surface area contributed by atoms with Gasteiger partial charge in [0.05, 0.1) is 0 Å². The number of nitrogens with one attached hydrogen (secondary N) is 2. The Kier molecular flexibility index (Phi) is 6.16. The van der Waals surface area contributed by atoms with Gasteiger partial charge in [-0.25, -0.2) is 9.69 Å². The first-order valence-corrected chi connectivity index (χ1v) is 11.6. The summed E-state index contributed by atoms with van der Waals surface area (Å²) in [5.74, 6) is -0.642. The van der Waals surface area contributed by atoms with E-state index in [0.29, 0.717) is 16.6 Å². The van der Waals surface area contributed by atoms with Crippen molar-refractivity contribution in [3.8, 4) is 0 Å². The molecule has 0 radical (unpaired) electrons. The maximum absolute atomic E-state index is 12.9. The smallest absolute Gasteiger partial charge is 0.329 e. The van der Waals surface area contributed by atoms with Gasteiger partial charge in [0, 0.05) is 29.0 Å². The van der Waals surface area contributed by atoms with Crippen molar-refractivity contribution in [2.24, 2.45) is 0 Å². The summed E-state index contributed by atoms with van der Waals surface area (Å²) in [6.07, 6.45) is 2.71. The Balaban J connectivity index is 1.54. The molecule has 178 valence electrons. The summed E-state index contributed by atoms with van der Waals surface area (Å²) in [5, 5.41) is 5.82. The minimum Gasteiger partial charge on any atom is -0.369 e. The van der Waals surface area contributed by atoms with Gasteiger partial charge in [-0.15, -0.1) is 0 Å². The van der Waals surface area contributed by atoms with Crippen molar-refractivity contribution in [2.45, 2.75) is 45.6 Å². The van der Waals surface area contributed by atoms with Gasteiger partial charge in [-0.1, -0.05) is 18.5 Å². The Morgan fingerprint density at radius 2 is 1.91 bits per heavy atom. The molecule has 1 saturated heterocycles. The highest BCUT2D eigenvalue weighted by Gasteiger charge is 2.36. The molecule has 2 aromatic carbocycles. The third kappa shape index (κ3) is 4.53. The number of benzene rings is 2. The van der Waals surface area contributed by atoms with E-state index >= 15 is 0 Å². The lowest BCUT2D eigenvalue weighted by atomic mass is 9.79. The highest BCUT2D eigenvalue weighted by molar-refractivity contribution is 6.30. The second-order valence-electron chi connectivity index (χ2n) is 9.68. The highest BCUT2D eigenvalue weighted by Crippen LogP contribution is 2.43. The normalized spacial score (nSPS) is 20.4. The van der Waals surface area contributed by atoms with Gasteiger partial charge in [-0.2, -0.15) is 0 Å². The van der Waals surface area contributed by atoms with Gasteiger partial charge in [0.2, 0.25) is 5.91 Å². The predicted molar refractivity (Wildman–Crippen MR) is 135 cm³/mol. The molecule has 0 aliphatic carbocycles. The zero-order valence-corrected chi connectivity index (χ0v) is 20.8. The largest absolute Gasteiger partial charge is 0.369 e. The number of anilines is 2. The maximum atomic E-state index is 12.9. The van der Waals surface area contributed by atoms with Crippen molar-refractivity contribution in [3.05, 3.63) is 63.8 Å². The van der Waals surface area contributed by atoms with Crippen LogP contribution in [0.4, 0.5) is 16.2 Å². The molecule has 34 heavy (non-hydrogen) atoms. The number of rotatable bonds is 4. The van der Waals surface area contributed by atoms with E-state index in [1.165, 1.54) is 11.3 Å². The number of carbonyl (C=O) groups excluding carboxylic acids is 3. The second-order valence-corrected chi connectivity index (χ2v) is 10.1. The van der Waals surface area contributed by atoms with Crippen molar-refractivity contribution >= 4 is 46.9 Å². The van der Waals surface area contributed by atoms with Crippen LogP contribution in [0.15, 0.2) is 42.1 Å². The molecule has 2 aromatic rings. The fourth-order valence-corrected chi connectivity index (χ4v) is 4.76. The van der Waals surface area contributed by atoms with Gasteiger partial charge < -0.3 is 15.5 Å². The van der Waals surface area contributed by atoms with Crippen molar-refractivity contribution in [1.82, 2.24) is 10.2 Å². The first kappa shape index (κ1) is 23.8. The zero-order valence-electron chi connectivity index (χ0n) is 20.0. The average molecular weight is 481 g/mol. The summed E-state index contributed by atoms with van der Waals surface area (Å²) in [6, 6.07) is 10.2. The first-order chi connectivity index (χ1) is 16.0. The Morgan fingerprint density at radius 3 is 2.59 bits per heavy atom. The van der Waals surface area contributed by atoms with Crippen LogP contribution < -0.4 is 15.5 Å². The van der Waals surface area contributed by atoms with Crippen LogP contribution in [0.1, 0.15) is 49.8 Å². The molecule has 1 fully saturated rings. The van der Waals surface area contributed by atoms with Crippen LogP contribution in [0.25, 0.3) is 6.08 Å². The average Bonchev–Trinajstić information content (AvgIpc) is 3.02. The lowest BCUT2D eigenvalue weighted by Gasteiger charge is -2.45. The maximum Gasteiger partial charge on any atom is 0.329 e. The number of hydrogen-bond acceptors (Lipinski definition) is 4. The second kappa shape index (κ2) is 8.80. The predicted octanol–water partition coefficient (Wildman–Crippen LogP) is 4.90. The van der Waals surface area contributed by atoms with Gasteiger partial charge in [-0.3, -0.25) is 9.59 Å². The number of halogens is 1. The van der Waals surface area contributed by atoms with E-state index in [4.69, 9.17) is 11.6 Å². The van der Waals surface area contributed by atoms with Crippen LogP contribution in [0.5, 0.6) is 0 Å². The van der Waals surface area contributed by atoms with Gasteiger partial charge in [-0.05, 0) is 92.3 Å². The number of aryl methyl sites for hydroxylation is 1. The zero-order chi connectivity index (χ0) is 24.8. The summed E-state index contributed by atoms with van der Waals surface area (Å²) >= 11 is 5.86. The van der Waals surface area contributed by atoms with Crippen LogP contribution >= 0.6 is 11.6 Å². The van der Waals surface area contributed by atoms with E-state index in [2.05, 4.69) is 55.5 Å². The molecule has 0 saturated carbocycles. The molecule has 1 atom stereocenters. The lowest BCUT2D eigenvalue weighted by Crippen LogP contribution is -2.45. The highest BCUT2D eigenvalue weighted by atomic mass is 35.5. The molecule has 0 aromatic heterocycles. The molecule has 2 aliphatic rings. The SMILES string of the molecule is Cc1cc2c(cc1/C=C1\NC(=O)N(CC(=O)Nc3ccc(Cl)cc3)C1=O)[C@@H](C)CC(C)(C)N2C. The Labute approximate surface area is 204 Å². The van der Waals surface area contributed by atoms with Crippen LogP contribution in [0.3, 0.4) is 0 Å². The van der Waals surface area contributed by atoms with Gasteiger partial charge >= 0.3 is 6.03 Å². The molecule has 2 heterocycles. The monoisotopic (exact) mass is 480 g/mol. The molecule has 4 rings (SSSR count). The van der Waals surface area contributed by atoms with E-state index in [-0.39, 0.29) is 17.8 Å². The summed E-state index contributed by atoms with van der Waals surface area (Å²) in [5.41, 5.74) is 5.02. The minimum absolute atomic E-state index is 0.0569. The third-order valence-electron chi connectivity index (χ3n) is 6.71. The van der Waals surface area contributed by atoms with Crippen molar-refractivity contribution in [1.29, 1.82) is 0 Å². The molecular weight excluding hydrogens is 452 g/mol. The molecule has 8 heteroatoms. The summed E-state index contributed by atoms with van der Waals surface area (Å²) < 4.78 is 0. The quantitative estimate of drug-likeness (QED) is 0.481. The molecule has 4 amide bonds. The molecule has 2 N–H and O–H groups in total. The fraction of sp³-hybridized carbons (Fsp3) is 0.346. The van der Waals surface area contributed by atoms with Gasteiger partial charge in [0.15, 0.2) is 0 Å². The summed E-state index contributed by atoms with van der Waals surface area (Å²) in [7, 11) is 2.11. The van der Waals surface area contributed by atoms with E-state index in [0.717, 1.165) is 22.4 Å². The minimum atomic E-state index is -0.618. The van der Waals surface area contributed by atoms with E-state index < -0.39 is 17.8 Å². The number of amides is 4. The molecule has 2 aliphatic heterocycles. The Hall–Kier alpha value is -3.32. The van der Waals surface area contributed by atoms with Crippen molar-refractivity contribution in [3.63, 3.8) is 0 Å². The molecule has 0 bridgehead atoms. The first-order valence-electron chi connectivity index (χ1n) is 11.2. The van der Waals surface area contributed by atoms with Crippen molar-refractivity contribution in [2.75, 3.05) is 23.8 Å². The Morgan fingerprint density at radius 1 is 1.24 bits per heavy atom. The van der Waals surface area contributed by atoms with Crippen LogP contribution in [-0.2, 0) is 9.59 Å². The summed E-state index contributed by atoms with van der Waals surface area (Å²) in [4.78, 5) is 41.0. The van der Waals surface area contributed by atoms with Gasteiger partial charge in [0.1, 0.15) is 12.2 Å². The topological polar surface area (TPSA) is 81.8 Å². The van der Waals surface area contributed by atoms with Crippen LogP contribution in [0.2, 0.25) is 5.02 Å². The van der Waals surface area contributed by atoms with Gasteiger partial charge in [0.25, 0.3) is 5.91 Å². The third-order valence-corrected chi connectivity index (χ3v) is 6.97. The number of imide groups is 1. The fourth-order valence-electron chi connectivity index (χ4n) is 4.64. The Bertz CT molecular complexity index is 1200. The lowest BCUT2D eigenvalue weighted by molar-refractivity contribution is -0.127. The molecular formula is C26H29ClN4O3. The van der Waals surface area contributed by atoms with Crippen LogP contribution in [0, 0.1) is 6.92 Å². The van der Waals surface area contributed by atoms with E-state index in [1.807, 2.05) is 6.92 Å². The van der Waals surface area contributed by atoms with Crippen LogP contribution in [-0.4, -0.2) is 41.9 Å². The van der Waals surface area contributed by atoms with E-state index in [1.54, 1.807) is 30.3 Å². The summed E-state index contributed by atoms with van der Waals surface area (Å²) in [6.45, 7) is 8.30. The number of carbonyl (C=O) groups is 3. The molecule has 0 spiro atoms. The molecule has 0 unspecified atom stereocenters. The van der Waals surface area contributed by atoms with Crippen molar-refractivity contribution < 1.29 is 14.4 Å². The number of fused-ring (bicyclic) bond motifs is 1. The number of urea groups is 1. The number of hydrogen-bond donors (Lipinski definition) is 2. The molecule has 7 nitrogen and oxygen atoms in total.